The summed E-state index contributed by atoms with van der Waals surface area (Å²) in [5, 5.41) is 11.4. The van der Waals surface area contributed by atoms with Crippen LogP contribution in [-0.4, -0.2) is 16.7 Å². The van der Waals surface area contributed by atoms with E-state index in [9.17, 15) is 0 Å². The molecule has 1 aromatic rings. The van der Waals surface area contributed by atoms with Gasteiger partial charge in [0.1, 0.15) is 5.82 Å². The van der Waals surface area contributed by atoms with Crippen molar-refractivity contribution in [2.24, 2.45) is 11.8 Å². The number of nitrogens with one attached hydrogen (secondary N) is 1. The lowest BCUT2D eigenvalue weighted by molar-refractivity contribution is 0.536. The van der Waals surface area contributed by atoms with Crippen molar-refractivity contribution < 1.29 is 0 Å². The molecule has 3 nitrogen and oxygen atoms in total. The van der Waals surface area contributed by atoms with Gasteiger partial charge in [0.25, 0.3) is 0 Å². The normalized spacial score (nSPS) is 25.5. The number of anilines is 1. The van der Waals surface area contributed by atoms with Gasteiger partial charge < -0.3 is 5.32 Å². The summed E-state index contributed by atoms with van der Waals surface area (Å²) in [6, 6.07) is 2.05. The van der Waals surface area contributed by atoms with Crippen molar-refractivity contribution in [3.63, 3.8) is 0 Å². The van der Waals surface area contributed by atoms with Crippen LogP contribution in [0.5, 0.6) is 0 Å². The van der Waals surface area contributed by atoms with Crippen molar-refractivity contribution in [2.75, 3.05) is 11.9 Å². The minimum absolute atomic E-state index is 0.822. The van der Waals surface area contributed by atoms with Crippen LogP contribution in [0.1, 0.15) is 31.7 Å². The Morgan fingerprint density at radius 3 is 3.00 bits per heavy atom. The van der Waals surface area contributed by atoms with Crippen LogP contribution in [0.2, 0.25) is 0 Å². The third-order valence-electron chi connectivity index (χ3n) is 3.17. The van der Waals surface area contributed by atoms with Gasteiger partial charge in [0.2, 0.25) is 0 Å². The van der Waals surface area contributed by atoms with Gasteiger partial charge in [0, 0.05) is 6.54 Å². The molecule has 0 aliphatic heterocycles. The first-order valence-corrected chi connectivity index (χ1v) is 5.77. The fourth-order valence-electron chi connectivity index (χ4n) is 2.31. The maximum atomic E-state index is 4.06. The molecule has 1 aliphatic rings. The number of rotatable bonds is 3. The average Bonchev–Trinajstić information content (AvgIpc) is 2.62. The molecule has 0 aromatic carbocycles. The molecule has 0 spiro atoms. The van der Waals surface area contributed by atoms with E-state index in [0.717, 1.165) is 29.8 Å². The smallest absolute Gasteiger partial charge is 0.148 e. The highest BCUT2D eigenvalue weighted by molar-refractivity contribution is 5.34. The number of hydrogen-bond donors (Lipinski definition) is 1. The lowest BCUT2D eigenvalue weighted by Crippen LogP contribution is -2.12. The van der Waals surface area contributed by atoms with Crippen molar-refractivity contribution >= 4 is 5.82 Å². The molecular formula is C12H19N3. The lowest BCUT2D eigenvalue weighted by atomic mass is 10.1. The Hall–Kier alpha value is -1.12. The molecule has 0 amide bonds. The zero-order valence-electron chi connectivity index (χ0n) is 9.53. The van der Waals surface area contributed by atoms with Gasteiger partial charge in [-0.25, -0.2) is 0 Å². The summed E-state index contributed by atoms with van der Waals surface area (Å²) in [7, 11) is 0. The molecule has 0 saturated heterocycles. The minimum Gasteiger partial charge on any atom is -0.368 e. The van der Waals surface area contributed by atoms with Crippen molar-refractivity contribution in [2.45, 2.75) is 33.1 Å². The van der Waals surface area contributed by atoms with Gasteiger partial charge >= 0.3 is 0 Å². The number of aromatic nitrogens is 2. The van der Waals surface area contributed by atoms with Gasteiger partial charge in [0.15, 0.2) is 0 Å². The first-order valence-electron chi connectivity index (χ1n) is 5.77. The molecule has 1 saturated carbocycles. The minimum atomic E-state index is 0.822. The van der Waals surface area contributed by atoms with E-state index in [1.807, 2.05) is 13.0 Å². The van der Waals surface area contributed by atoms with E-state index >= 15 is 0 Å². The Balaban J connectivity index is 1.83. The SMILES string of the molecule is Cc1cnnc(NCC2CCC(C)C2)c1. The Labute approximate surface area is 91.3 Å². The molecule has 82 valence electrons. The third-order valence-corrected chi connectivity index (χ3v) is 3.17. The van der Waals surface area contributed by atoms with Gasteiger partial charge in [-0.2, -0.15) is 5.10 Å². The van der Waals surface area contributed by atoms with Crippen LogP contribution >= 0.6 is 0 Å². The molecule has 1 fully saturated rings. The first-order chi connectivity index (χ1) is 7.24. The highest BCUT2D eigenvalue weighted by atomic mass is 15.2. The van der Waals surface area contributed by atoms with E-state index in [1.54, 1.807) is 6.20 Å². The van der Waals surface area contributed by atoms with Crippen molar-refractivity contribution in [3.8, 4) is 0 Å². The highest BCUT2D eigenvalue weighted by Gasteiger charge is 2.20. The summed E-state index contributed by atoms with van der Waals surface area (Å²) < 4.78 is 0. The van der Waals surface area contributed by atoms with E-state index in [2.05, 4.69) is 22.4 Å². The second kappa shape index (κ2) is 4.60. The molecule has 1 N–H and O–H groups in total. The molecule has 2 unspecified atom stereocenters. The molecule has 1 heterocycles. The average molecular weight is 205 g/mol. The molecule has 0 radical (unpaired) electrons. The summed E-state index contributed by atoms with van der Waals surface area (Å²) >= 11 is 0. The third kappa shape index (κ3) is 2.91. The summed E-state index contributed by atoms with van der Waals surface area (Å²) in [5.41, 5.74) is 1.16. The fraction of sp³-hybridized carbons (Fsp3) is 0.667. The van der Waals surface area contributed by atoms with Crippen LogP contribution in [0.25, 0.3) is 0 Å². The van der Waals surface area contributed by atoms with Gasteiger partial charge in [-0.05, 0) is 43.2 Å². The summed E-state index contributed by atoms with van der Waals surface area (Å²) in [4.78, 5) is 0. The Kier molecular flexibility index (Phi) is 3.19. The Morgan fingerprint density at radius 1 is 1.47 bits per heavy atom. The zero-order chi connectivity index (χ0) is 10.7. The van der Waals surface area contributed by atoms with Crippen LogP contribution in [0.15, 0.2) is 12.3 Å². The fourth-order valence-corrected chi connectivity index (χ4v) is 2.31. The maximum Gasteiger partial charge on any atom is 0.148 e. The van der Waals surface area contributed by atoms with Crippen LogP contribution in [0, 0.1) is 18.8 Å². The Morgan fingerprint density at radius 2 is 2.33 bits per heavy atom. The zero-order valence-corrected chi connectivity index (χ0v) is 9.53. The van der Waals surface area contributed by atoms with E-state index < -0.39 is 0 Å². The Bertz CT molecular complexity index is 324. The maximum absolute atomic E-state index is 4.06. The van der Waals surface area contributed by atoms with Gasteiger partial charge in [-0.15, -0.1) is 5.10 Å². The molecule has 1 aromatic heterocycles. The number of hydrogen-bond acceptors (Lipinski definition) is 3. The predicted molar refractivity (Wildman–Crippen MR) is 61.8 cm³/mol. The largest absolute Gasteiger partial charge is 0.368 e. The van der Waals surface area contributed by atoms with E-state index in [4.69, 9.17) is 0 Å². The van der Waals surface area contributed by atoms with E-state index in [1.165, 1.54) is 19.3 Å². The number of nitrogens with zero attached hydrogens (tertiary/aromatic N) is 2. The van der Waals surface area contributed by atoms with Gasteiger partial charge in [-0.1, -0.05) is 13.3 Å². The number of aryl methyl sites for hydroxylation is 1. The molecular weight excluding hydrogens is 186 g/mol. The quantitative estimate of drug-likeness (QED) is 0.824. The lowest BCUT2D eigenvalue weighted by Gasteiger charge is -2.11. The van der Waals surface area contributed by atoms with Crippen LogP contribution in [-0.2, 0) is 0 Å². The predicted octanol–water partition coefficient (Wildman–Crippen LogP) is 2.63. The highest BCUT2D eigenvalue weighted by Crippen LogP contribution is 2.30. The van der Waals surface area contributed by atoms with Crippen LogP contribution in [0.4, 0.5) is 5.82 Å². The molecule has 2 atom stereocenters. The summed E-state index contributed by atoms with van der Waals surface area (Å²) in [6.45, 7) is 5.42. The molecule has 0 bridgehead atoms. The molecule has 3 heteroatoms. The second-order valence-corrected chi connectivity index (χ2v) is 4.78. The van der Waals surface area contributed by atoms with Crippen molar-refractivity contribution in [1.82, 2.24) is 10.2 Å². The van der Waals surface area contributed by atoms with Crippen LogP contribution < -0.4 is 5.32 Å². The van der Waals surface area contributed by atoms with Crippen LogP contribution in [0.3, 0.4) is 0 Å². The summed E-state index contributed by atoms with van der Waals surface area (Å²) in [5.74, 6) is 2.64. The summed E-state index contributed by atoms with van der Waals surface area (Å²) in [6.07, 6.45) is 5.87. The molecule has 15 heavy (non-hydrogen) atoms. The monoisotopic (exact) mass is 205 g/mol. The molecule has 2 rings (SSSR count). The van der Waals surface area contributed by atoms with Crippen molar-refractivity contribution in [1.29, 1.82) is 0 Å². The standard InChI is InChI=1S/C12H19N3/c1-9-3-4-11(5-9)8-13-12-6-10(2)7-14-15-12/h6-7,9,11H,3-5,8H2,1-2H3,(H,13,15). The van der Waals surface area contributed by atoms with E-state index in [0.29, 0.717) is 0 Å². The van der Waals surface area contributed by atoms with Gasteiger partial charge in [-0.3, -0.25) is 0 Å². The second-order valence-electron chi connectivity index (χ2n) is 4.78. The topological polar surface area (TPSA) is 37.8 Å². The van der Waals surface area contributed by atoms with E-state index in [-0.39, 0.29) is 0 Å². The van der Waals surface area contributed by atoms with Gasteiger partial charge in [0.05, 0.1) is 6.20 Å². The molecule has 1 aliphatic carbocycles. The van der Waals surface area contributed by atoms with Crippen molar-refractivity contribution in [3.05, 3.63) is 17.8 Å². The first kappa shape index (κ1) is 10.4.